The molecule has 3 aliphatic carbocycles. The van der Waals surface area contributed by atoms with Gasteiger partial charge in [0.25, 0.3) is 5.91 Å². The molecule has 1 heterocycles. The lowest BCUT2D eigenvalue weighted by atomic mass is 9.52. The zero-order valence-electron chi connectivity index (χ0n) is 15.3. The molecule has 0 radical (unpaired) electrons. The van der Waals surface area contributed by atoms with Crippen molar-refractivity contribution in [3.63, 3.8) is 0 Å². The van der Waals surface area contributed by atoms with Crippen LogP contribution in [0, 0.1) is 17.3 Å². The Labute approximate surface area is 153 Å². The van der Waals surface area contributed by atoms with Gasteiger partial charge in [-0.2, -0.15) is 0 Å². The third-order valence-corrected chi connectivity index (χ3v) is 6.42. The van der Waals surface area contributed by atoms with Crippen LogP contribution in [-0.4, -0.2) is 37.8 Å². The highest BCUT2D eigenvalue weighted by Gasteiger charge is 2.61. The first kappa shape index (κ1) is 17.3. The van der Waals surface area contributed by atoms with Crippen LogP contribution in [-0.2, 0) is 9.53 Å². The van der Waals surface area contributed by atoms with Crippen LogP contribution < -0.4 is 15.4 Å². The molecular weight excluding hydrogens is 332 g/mol. The number of fused-ring (bicyclic) bond motifs is 3. The molecule has 0 unspecified atom stereocenters. The zero-order chi connectivity index (χ0) is 18.4. The second kappa shape index (κ2) is 6.27. The Morgan fingerprint density at radius 1 is 1.42 bits per heavy atom. The molecule has 1 aromatic carbocycles. The van der Waals surface area contributed by atoms with Crippen LogP contribution in [0.5, 0.6) is 5.75 Å². The van der Waals surface area contributed by atoms with Gasteiger partial charge in [0.15, 0.2) is 5.72 Å². The summed E-state index contributed by atoms with van der Waals surface area (Å²) >= 11 is 0. The van der Waals surface area contributed by atoms with Crippen molar-refractivity contribution in [3.05, 3.63) is 29.8 Å². The number of ether oxygens (including phenoxy) is 2. The first-order valence-corrected chi connectivity index (χ1v) is 9.35. The van der Waals surface area contributed by atoms with E-state index in [2.05, 4.69) is 17.6 Å². The van der Waals surface area contributed by atoms with E-state index in [1.807, 2.05) is 18.2 Å². The quantitative estimate of drug-likeness (QED) is 0.808. The number of hydrogen-bond acceptors (Lipinski definition) is 4. The maximum Gasteiger partial charge on any atom is 0.258 e. The molecule has 5 rings (SSSR count). The van der Waals surface area contributed by atoms with Crippen molar-refractivity contribution in [2.45, 2.75) is 38.3 Å². The van der Waals surface area contributed by atoms with Crippen LogP contribution >= 0.6 is 0 Å². The summed E-state index contributed by atoms with van der Waals surface area (Å²) in [6.45, 7) is 3.19. The number of amides is 2. The van der Waals surface area contributed by atoms with Crippen LogP contribution in [0.1, 0.15) is 43.0 Å². The van der Waals surface area contributed by atoms with Gasteiger partial charge in [-0.05, 0) is 36.8 Å². The maximum atomic E-state index is 12.7. The van der Waals surface area contributed by atoms with Crippen molar-refractivity contribution in [1.82, 2.24) is 10.6 Å². The molecule has 4 atom stereocenters. The summed E-state index contributed by atoms with van der Waals surface area (Å²) < 4.78 is 11.4. The Bertz CT molecular complexity index is 736. The molecular formula is C20H26N2O4. The molecule has 3 saturated carbocycles. The zero-order valence-corrected chi connectivity index (χ0v) is 15.3. The predicted molar refractivity (Wildman–Crippen MR) is 95.7 cm³/mol. The molecule has 4 aliphatic rings. The van der Waals surface area contributed by atoms with E-state index in [-0.39, 0.29) is 29.1 Å². The third-order valence-electron chi connectivity index (χ3n) is 6.42. The van der Waals surface area contributed by atoms with Gasteiger partial charge >= 0.3 is 0 Å². The Kier molecular flexibility index (Phi) is 4.18. The molecule has 6 nitrogen and oxygen atoms in total. The minimum atomic E-state index is -0.693. The lowest BCUT2D eigenvalue weighted by Crippen LogP contribution is -2.69. The topological polar surface area (TPSA) is 76.7 Å². The summed E-state index contributed by atoms with van der Waals surface area (Å²) in [5, 5.41) is 6.13. The highest BCUT2D eigenvalue weighted by molar-refractivity contribution is 5.98. The molecule has 26 heavy (non-hydrogen) atoms. The van der Waals surface area contributed by atoms with Gasteiger partial charge in [0.05, 0.1) is 12.2 Å². The number of rotatable bonds is 4. The van der Waals surface area contributed by atoms with Gasteiger partial charge in [-0.25, -0.2) is 0 Å². The van der Waals surface area contributed by atoms with Crippen LogP contribution in [0.25, 0.3) is 0 Å². The van der Waals surface area contributed by atoms with Crippen LogP contribution in [0.4, 0.5) is 0 Å². The molecule has 1 spiro atoms. The molecule has 2 N–H and O–H groups in total. The van der Waals surface area contributed by atoms with Crippen molar-refractivity contribution < 1.29 is 19.1 Å². The summed E-state index contributed by atoms with van der Waals surface area (Å²) in [6, 6.07) is 7.37. The lowest BCUT2D eigenvalue weighted by molar-refractivity contribution is -0.167. The smallest absolute Gasteiger partial charge is 0.258 e. The first-order valence-electron chi connectivity index (χ1n) is 9.35. The van der Waals surface area contributed by atoms with Gasteiger partial charge < -0.3 is 20.1 Å². The number of methoxy groups -OCH3 is 1. The van der Waals surface area contributed by atoms with Gasteiger partial charge in [-0.1, -0.05) is 19.1 Å². The molecule has 2 amide bonds. The van der Waals surface area contributed by atoms with Gasteiger partial charge in [-0.3, -0.25) is 9.59 Å². The number of carbonyl (C=O) groups is 2. The fourth-order valence-electron chi connectivity index (χ4n) is 5.06. The number of nitrogens with one attached hydrogen (secondary N) is 2. The van der Waals surface area contributed by atoms with E-state index in [9.17, 15) is 9.59 Å². The van der Waals surface area contributed by atoms with Gasteiger partial charge in [0.1, 0.15) is 5.75 Å². The van der Waals surface area contributed by atoms with Crippen molar-refractivity contribution >= 4 is 11.8 Å². The van der Waals surface area contributed by atoms with E-state index >= 15 is 0 Å². The largest absolute Gasteiger partial charge is 0.467 e. The summed E-state index contributed by atoms with van der Waals surface area (Å²) in [5.74, 6) is 0.741. The second-order valence-corrected chi connectivity index (χ2v) is 8.08. The van der Waals surface area contributed by atoms with Gasteiger partial charge in [0.2, 0.25) is 5.91 Å². The molecule has 3 fully saturated rings. The SMILES string of the molecule is COCCNC(=O)[C@H]1C[C@H]2CC[C@]1(C)C[C@@]21NC(=O)c2ccccc2O1. The van der Waals surface area contributed by atoms with Gasteiger partial charge in [0, 0.05) is 31.9 Å². The van der Waals surface area contributed by atoms with E-state index in [1.165, 1.54) is 0 Å². The minimum absolute atomic E-state index is 0.0543. The molecule has 2 bridgehead atoms. The molecule has 0 saturated heterocycles. The monoisotopic (exact) mass is 358 g/mol. The summed E-state index contributed by atoms with van der Waals surface area (Å²) in [7, 11) is 1.63. The lowest BCUT2D eigenvalue weighted by Gasteiger charge is -2.59. The highest BCUT2D eigenvalue weighted by atomic mass is 16.5. The third kappa shape index (κ3) is 2.67. The average molecular weight is 358 g/mol. The molecule has 140 valence electrons. The average Bonchev–Trinajstić information content (AvgIpc) is 2.61. The Balaban J connectivity index is 1.57. The van der Waals surface area contributed by atoms with E-state index < -0.39 is 5.72 Å². The van der Waals surface area contributed by atoms with Crippen molar-refractivity contribution in [2.24, 2.45) is 17.3 Å². The van der Waals surface area contributed by atoms with E-state index in [0.717, 1.165) is 19.3 Å². The number of hydrogen-bond donors (Lipinski definition) is 2. The second-order valence-electron chi connectivity index (χ2n) is 8.08. The summed E-state index contributed by atoms with van der Waals surface area (Å²) in [5.41, 5.74) is -0.300. The Morgan fingerprint density at radius 3 is 3.00 bits per heavy atom. The Hall–Kier alpha value is -2.08. The highest BCUT2D eigenvalue weighted by Crippen LogP contribution is 2.58. The van der Waals surface area contributed by atoms with E-state index in [4.69, 9.17) is 9.47 Å². The van der Waals surface area contributed by atoms with Gasteiger partial charge in [-0.15, -0.1) is 0 Å². The molecule has 6 heteroatoms. The minimum Gasteiger partial charge on any atom is -0.467 e. The molecule has 1 aromatic rings. The van der Waals surface area contributed by atoms with Crippen molar-refractivity contribution in [3.8, 4) is 5.75 Å². The maximum absolute atomic E-state index is 12.7. The van der Waals surface area contributed by atoms with Crippen LogP contribution in [0.3, 0.4) is 0 Å². The summed E-state index contributed by atoms with van der Waals surface area (Å²) in [6.07, 6.45) is 3.33. The number of benzene rings is 1. The fourth-order valence-corrected chi connectivity index (χ4v) is 5.06. The van der Waals surface area contributed by atoms with Crippen LogP contribution in [0.15, 0.2) is 24.3 Å². The first-order chi connectivity index (χ1) is 12.5. The standard InChI is InChI=1S/C20H26N2O4/c1-19-8-7-13(11-15(19)18(24)21-9-10-25-2)20(12-19)22-17(23)14-5-3-4-6-16(14)26-20/h3-6,13,15H,7-12H2,1-2H3,(H,21,24)(H,22,23)/t13-,15-,19-,20+/m1/s1. The fraction of sp³-hybridized carbons (Fsp3) is 0.600. The molecule has 1 aliphatic heterocycles. The van der Waals surface area contributed by atoms with E-state index in [0.29, 0.717) is 30.9 Å². The van der Waals surface area contributed by atoms with Crippen LogP contribution in [0.2, 0.25) is 0 Å². The Morgan fingerprint density at radius 2 is 2.23 bits per heavy atom. The molecule has 0 aromatic heterocycles. The predicted octanol–water partition coefficient (Wildman–Crippen LogP) is 2.09. The van der Waals surface area contributed by atoms with E-state index in [1.54, 1.807) is 13.2 Å². The summed E-state index contributed by atoms with van der Waals surface area (Å²) in [4.78, 5) is 25.4. The van der Waals surface area contributed by atoms with Crippen molar-refractivity contribution in [2.75, 3.05) is 20.3 Å². The number of carbonyl (C=O) groups excluding carboxylic acids is 2. The van der Waals surface area contributed by atoms with Crippen molar-refractivity contribution in [1.29, 1.82) is 0 Å². The number of para-hydroxylation sites is 1. The normalized spacial score (nSPS) is 34.8.